The maximum absolute atomic E-state index is 9.76. The smallest absolute Gasteiger partial charge is 0.111 e. The van der Waals surface area contributed by atoms with Gasteiger partial charge in [0.25, 0.3) is 0 Å². The second kappa shape index (κ2) is 12.9. The summed E-state index contributed by atoms with van der Waals surface area (Å²) >= 11 is 0. The van der Waals surface area contributed by atoms with Gasteiger partial charge < -0.3 is 24.8 Å². The van der Waals surface area contributed by atoms with E-state index in [2.05, 4.69) is 19.1 Å². The van der Waals surface area contributed by atoms with E-state index in [1.54, 1.807) is 0 Å². The minimum Gasteiger partial charge on any atom is -0.388 e. The molecule has 0 aromatic heterocycles. The highest BCUT2D eigenvalue weighted by molar-refractivity contribution is 4.86. The Balaban J connectivity index is 1.94. The zero-order valence-corrected chi connectivity index (χ0v) is 14.4. The third kappa shape index (κ3) is 8.82. The number of aliphatic hydroxyl groups is 3. The molecule has 136 valence electrons. The van der Waals surface area contributed by atoms with Crippen LogP contribution in [0.2, 0.25) is 0 Å². The fraction of sp³-hybridized carbons (Fsp3) is 0.889. The molecule has 4 atom stereocenters. The van der Waals surface area contributed by atoms with E-state index in [0.29, 0.717) is 6.61 Å². The molecule has 0 aromatic rings. The molecule has 5 heteroatoms. The molecule has 0 amide bonds. The van der Waals surface area contributed by atoms with Crippen LogP contribution in [-0.2, 0) is 9.47 Å². The predicted molar refractivity (Wildman–Crippen MR) is 90.3 cm³/mol. The van der Waals surface area contributed by atoms with Crippen LogP contribution in [0.3, 0.4) is 0 Å². The summed E-state index contributed by atoms with van der Waals surface area (Å²) in [6.45, 7) is 3.07. The number of allylic oxidation sites excluding steroid dienone is 1. The second-order valence-electron chi connectivity index (χ2n) is 6.31. The van der Waals surface area contributed by atoms with Crippen LogP contribution in [0, 0.1) is 0 Å². The zero-order valence-electron chi connectivity index (χ0n) is 14.4. The van der Waals surface area contributed by atoms with Crippen molar-refractivity contribution in [2.24, 2.45) is 0 Å². The molecule has 1 aliphatic rings. The highest BCUT2D eigenvalue weighted by Gasteiger charge is 2.37. The van der Waals surface area contributed by atoms with Crippen molar-refractivity contribution in [1.29, 1.82) is 0 Å². The molecule has 1 saturated heterocycles. The summed E-state index contributed by atoms with van der Waals surface area (Å²) in [4.78, 5) is 0. The van der Waals surface area contributed by atoms with Crippen LogP contribution in [0.4, 0.5) is 0 Å². The van der Waals surface area contributed by atoms with Crippen LogP contribution < -0.4 is 0 Å². The Hall–Kier alpha value is -0.460. The fourth-order valence-electron chi connectivity index (χ4n) is 2.64. The third-order valence-electron chi connectivity index (χ3n) is 4.21. The molecule has 1 rings (SSSR count). The van der Waals surface area contributed by atoms with Gasteiger partial charge in [-0.1, -0.05) is 51.2 Å². The van der Waals surface area contributed by atoms with E-state index < -0.39 is 24.4 Å². The van der Waals surface area contributed by atoms with Gasteiger partial charge in [0.2, 0.25) is 0 Å². The lowest BCUT2D eigenvalue weighted by atomic mass is 10.0. The lowest BCUT2D eigenvalue weighted by Crippen LogP contribution is -2.54. The molecule has 0 aromatic carbocycles. The third-order valence-corrected chi connectivity index (χ3v) is 4.21. The number of hydrogen-bond acceptors (Lipinski definition) is 5. The summed E-state index contributed by atoms with van der Waals surface area (Å²) in [5.41, 5.74) is 0. The lowest BCUT2D eigenvalue weighted by molar-refractivity contribution is -0.199. The first-order valence-electron chi connectivity index (χ1n) is 9.05. The summed E-state index contributed by atoms with van der Waals surface area (Å²) < 4.78 is 10.7. The van der Waals surface area contributed by atoms with E-state index in [4.69, 9.17) is 9.47 Å². The van der Waals surface area contributed by atoms with Gasteiger partial charge in [-0.15, -0.1) is 0 Å². The van der Waals surface area contributed by atoms with E-state index in [0.717, 1.165) is 12.8 Å². The van der Waals surface area contributed by atoms with Gasteiger partial charge in [-0.05, 0) is 19.3 Å². The Labute approximate surface area is 140 Å². The Morgan fingerprint density at radius 2 is 1.65 bits per heavy atom. The van der Waals surface area contributed by atoms with Crippen molar-refractivity contribution < 1.29 is 24.8 Å². The monoisotopic (exact) mass is 330 g/mol. The van der Waals surface area contributed by atoms with Crippen LogP contribution >= 0.6 is 0 Å². The van der Waals surface area contributed by atoms with Gasteiger partial charge in [0.05, 0.1) is 19.8 Å². The van der Waals surface area contributed by atoms with Crippen LogP contribution in [0.25, 0.3) is 0 Å². The minimum absolute atomic E-state index is 0.0322. The van der Waals surface area contributed by atoms with Gasteiger partial charge >= 0.3 is 0 Å². The Morgan fingerprint density at radius 1 is 0.957 bits per heavy atom. The van der Waals surface area contributed by atoms with E-state index in [-0.39, 0.29) is 13.2 Å². The molecular formula is C18H34O5. The molecule has 0 spiro atoms. The van der Waals surface area contributed by atoms with Crippen LogP contribution in [-0.4, -0.2) is 59.6 Å². The number of hydrogen-bond donors (Lipinski definition) is 3. The molecule has 0 radical (unpaired) electrons. The largest absolute Gasteiger partial charge is 0.388 e. The fourth-order valence-corrected chi connectivity index (χ4v) is 2.64. The first-order valence-corrected chi connectivity index (χ1v) is 9.05. The molecule has 1 heterocycles. The molecule has 0 bridgehead atoms. The van der Waals surface area contributed by atoms with Gasteiger partial charge in [-0.3, -0.25) is 0 Å². The van der Waals surface area contributed by atoms with Crippen molar-refractivity contribution in [1.82, 2.24) is 0 Å². The lowest BCUT2D eigenvalue weighted by Gasteiger charge is -2.35. The predicted octanol–water partition coefficient (Wildman–Crippen LogP) is 2.18. The quantitative estimate of drug-likeness (QED) is 0.377. The van der Waals surface area contributed by atoms with Gasteiger partial charge in [-0.2, -0.15) is 0 Å². The molecule has 0 saturated carbocycles. The molecule has 23 heavy (non-hydrogen) atoms. The summed E-state index contributed by atoms with van der Waals surface area (Å²) in [5.74, 6) is 0. The van der Waals surface area contributed by atoms with Gasteiger partial charge in [0, 0.05) is 0 Å². The molecule has 1 aliphatic heterocycles. The average molecular weight is 330 g/mol. The Morgan fingerprint density at radius 3 is 2.43 bits per heavy atom. The normalized spacial score (nSPS) is 28.5. The maximum atomic E-state index is 9.76. The van der Waals surface area contributed by atoms with E-state index in [1.807, 2.05) is 0 Å². The topological polar surface area (TPSA) is 79.2 Å². The van der Waals surface area contributed by atoms with E-state index in [9.17, 15) is 15.3 Å². The Bertz CT molecular complexity index is 308. The molecule has 0 unspecified atom stereocenters. The summed E-state index contributed by atoms with van der Waals surface area (Å²) in [6, 6.07) is 0. The summed E-state index contributed by atoms with van der Waals surface area (Å²) in [5, 5.41) is 28.7. The average Bonchev–Trinajstić information content (AvgIpc) is 2.55. The van der Waals surface area contributed by atoms with Crippen molar-refractivity contribution >= 4 is 0 Å². The van der Waals surface area contributed by atoms with Gasteiger partial charge in [-0.25, -0.2) is 0 Å². The number of ether oxygens (including phenoxy) is 2. The van der Waals surface area contributed by atoms with E-state index >= 15 is 0 Å². The standard InChI is InChI=1S/C18H34O5/c1-2-3-4-5-6-7-8-9-10-11-12-22-14-16-18(21)17(20)15(19)13-23-16/h9-10,15-21H,2-8,11-14H2,1H3/b10-9+/t15-,16+,17+,18+/m1/s1. The molecule has 0 aliphatic carbocycles. The van der Waals surface area contributed by atoms with Crippen molar-refractivity contribution in [3.05, 3.63) is 12.2 Å². The molecule has 5 nitrogen and oxygen atoms in total. The van der Waals surface area contributed by atoms with Crippen molar-refractivity contribution in [3.63, 3.8) is 0 Å². The minimum atomic E-state index is -1.16. The van der Waals surface area contributed by atoms with Crippen molar-refractivity contribution in [2.75, 3.05) is 19.8 Å². The summed E-state index contributed by atoms with van der Waals surface area (Å²) in [7, 11) is 0. The SMILES string of the molecule is CCCCCCCC/C=C/CCOC[C@@H]1OC[C@@H](O)[C@H](O)[C@H]1O. The number of rotatable bonds is 12. The molecule has 3 N–H and O–H groups in total. The Kier molecular flexibility index (Phi) is 11.5. The highest BCUT2D eigenvalue weighted by Crippen LogP contribution is 2.15. The second-order valence-corrected chi connectivity index (χ2v) is 6.31. The number of unbranched alkanes of at least 4 members (excludes halogenated alkanes) is 6. The first-order chi connectivity index (χ1) is 11.2. The van der Waals surface area contributed by atoms with Gasteiger partial charge in [0.15, 0.2) is 0 Å². The van der Waals surface area contributed by atoms with Gasteiger partial charge in [0.1, 0.15) is 24.4 Å². The van der Waals surface area contributed by atoms with Crippen molar-refractivity contribution in [2.45, 2.75) is 82.7 Å². The van der Waals surface area contributed by atoms with Crippen LogP contribution in [0.1, 0.15) is 58.3 Å². The summed E-state index contributed by atoms with van der Waals surface area (Å²) in [6.07, 6.45) is 10.4. The van der Waals surface area contributed by atoms with Crippen LogP contribution in [0.15, 0.2) is 12.2 Å². The van der Waals surface area contributed by atoms with E-state index in [1.165, 1.54) is 38.5 Å². The maximum Gasteiger partial charge on any atom is 0.111 e. The van der Waals surface area contributed by atoms with Crippen molar-refractivity contribution in [3.8, 4) is 0 Å². The highest BCUT2D eigenvalue weighted by atomic mass is 16.6. The zero-order chi connectivity index (χ0) is 16.9. The number of aliphatic hydroxyl groups excluding tert-OH is 3. The first kappa shape index (κ1) is 20.6. The molecule has 1 fully saturated rings. The molecular weight excluding hydrogens is 296 g/mol. The van der Waals surface area contributed by atoms with Crippen LogP contribution in [0.5, 0.6) is 0 Å².